The van der Waals surface area contributed by atoms with Crippen LogP contribution in [-0.4, -0.2) is 53.1 Å². The van der Waals surface area contributed by atoms with E-state index in [9.17, 15) is 4.79 Å². The lowest BCUT2D eigenvalue weighted by Crippen LogP contribution is -2.60. The molecule has 24 heavy (non-hydrogen) atoms. The first-order chi connectivity index (χ1) is 11.6. The van der Waals surface area contributed by atoms with Crippen molar-refractivity contribution in [3.63, 3.8) is 0 Å². The molecule has 3 fully saturated rings. The maximum atomic E-state index is 12.5. The molecule has 4 heteroatoms. The third-order valence-electron chi connectivity index (χ3n) is 5.89. The standard InChI is InChI=1S/C20H28N2O2/c1-2-22-16-19(24-20(10-11-20)18(22)23)9-6-13-21(14-12-19)15-17-7-4-3-5-8-17/h3-5,7-8H,2,6,9-16H2,1H3. The second-order valence-corrected chi connectivity index (χ2v) is 7.71. The van der Waals surface area contributed by atoms with Gasteiger partial charge in [0.05, 0.1) is 5.60 Å². The van der Waals surface area contributed by atoms with Crippen molar-refractivity contribution < 1.29 is 9.53 Å². The van der Waals surface area contributed by atoms with E-state index in [0.29, 0.717) is 0 Å². The number of carbonyl (C=O) groups is 1. The van der Waals surface area contributed by atoms with Gasteiger partial charge in [0.25, 0.3) is 5.91 Å². The number of rotatable bonds is 3. The summed E-state index contributed by atoms with van der Waals surface area (Å²) in [5, 5.41) is 0. The summed E-state index contributed by atoms with van der Waals surface area (Å²) in [7, 11) is 0. The van der Waals surface area contributed by atoms with Gasteiger partial charge in [-0.3, -0.25) is 9.69 Å². The molecule has 4 nitrogen and oxygen atoms in total. The number of carbonyl (C=O) groups excluding carboxylic acids is 1. The highest BCUT2D eigenvalue weighted by atomic mass is 16.5. The Morgan fingerprint density at radius 3 is 2.58 bits per heavy atom. The molecular formula is C20H28N2O2. The van der Waals surface area contributed by atoms with Crippen LogP contribution in [0.2, 0.25) is 0 Å². The van der Waals surface area contributed by atoms with Gasteiger partial charge in [-0.05, 0) is 51.1 Å². The summed E-state index contributed by atoms with van der Waals surface area (Å²) in [6, 6.07) is 10.7. The molecule has 1 unspecified atom stereocenters. The molecule has 0 N–H and O–H groups in total. The highest BCUT2D eigenvalue weighted by Crippen LogP contribution is 2.49. The van der Waals surface area contributed by atoms with Crippen LogP contribution in [0.25, 0.3) is 0 Å². The Morgan fingerprint density at radius 1 is 1.08 bits per heavy atom. The van der Waals surface area contributed by atoms with Crippen LogP contribution in [-0.2, 0) is 16.1 Å². The lowest BCUT2D eigenvalue weighted by Gasteiger charge is -2.46. The van der Waals surface area contributed by atoms with Crippen LogP contribution in [0.3, 0.4) is 0 Å². The average Bonchev–Trinajstić information content (AvgIpc) is 3.39. The average molecular weight is 328 g/mol. The van der Waals surface area contributed by atoms with Crippen LogP contribution in [0.1, 0.15) is 44.6 Å². The number of likely N-dealkylation sites (N-methyl/N-ethyl adjacent to an activating group) is 1. The van der Waals surface area contributed by atoms with Crippen molar-refractivity contribution in [3.05, 3.63) is 35.9 Å². The van der Waals surface area contributed by atoms with Crippen molar-refractivity contribution >= 4 is 5.91 Å². The fraction of sp³-hybridized carbons (Fsp3) is 0.650. The Morgan fingerprint density at radius 2 is 1.88 bits per heavy atom. The zero-order valence-electron chi connectivity index (χ0n) is 14.7. The quantitative estimate of drug-likeness (QED) is 0.855. The molecule has 1 aliphatic carbocycles. The Hall–Kier alpha value is -1.39. The second kappa shape index (κ2) is 6.16. The number of hydrogen-bond donors (Lipinski definition) is 0. The molecule has 3 aliphatic rings. The maximum Gasteiger partial charge on any atom is 0.254 e. The zero-order valence-corrected chi connectivity index (χ0v) is 14.7. The van der Waals surface area contributed by atoms with Gasteiger partial charge in [0, 0.05) is 26.2 Å². The molecule has 2 spiro atoms. The van der Waals surface area contributed by atoms with E-state index < -0.39 is 5.60 Å². The van der Waals surface area contributed by atoms with Crippen LogP contribution in [0.4, 0.5) is 0 Å². The topological polar surface area (TPSA) is 32.8 Å². The normalized spacial score (nSPS) is 29.9. The minimum absolute atomic E-state index is 0.119. The number of hydrogen-bond acceptors (Lipinski definition) is 3. The van der Waals surface area contributed by atoms with E-state index in [1.54, 1.807) is 0 Å². The summed E-state index contributed by atoms with van der Waals surface area (Å²) >= 11 is 0. The smallest absolute Gasteiger partial charge is 0.254 e. The third-order valence-corrected chi connectivity index (χ3v) is 5.89. The number of morpholine rings is 1. The van der Waals surface area contributed by atoms with Crippen molar-refractivity contribution in [2.24, 2.45) is 0 Å². The first-order valence-corrected chi connectivity index (χ1v) is 9.41. The molecule has 1 saturated carbocycles. The first kappa shape index (κ1) is 16.1. The number of benzene rings is 1. The third kappa shape index (κ3) is 2.98. The van der Waals surface area contributed by atoms with Gasteiger partial charge in [0.15, 0.2) is 0 Å². The fourth-order valence-electron chi connectivity index (χ4n) is 4.37. The highest BCUT2D eigenvalue weighted by molar-refractivity contribution is 5.89. The number of amides is 1. The Kier molecular flexibility index (Phi) is 4.13. The van der Waals surface area contributed by atoms with Crippen LogP contribution in [0, 0.1) is 0 Å². The molecule has 2 aliphatic heterocycles. The Bertz CT molecular complexity index is 599. The highest BCUT2D eigenvalue weighted by Gasteiger charge is 2.61. The minimum Gasteiger partial charge on any atom is -0.357 e. The molecule has 2 saturated heterocycles. The van der Waals surface area contributed by atoms with Crippen LogP contribution in [0.5, 0.6) is 0 Å². The van der Waals surface area contributed by atoms with Gasteiger partial charge in [-0.15, -0.1) is 0 Å². The van der Waals surface area contributed by atoms with Gasteiger partial charge in [-0.1, -0.05) is 30.3 Å². The molecule has 2 heterocycles. The Labute approximate surface area is 144 Å². The molecule has 1 atom stereocenters. The molecule has 1 amide bonds. The summed E-state index contributed by atoms with van der Waals surface area (Å²) in [4.78, 5) is 17.1. The van der Waals surface area contributed by atoms with Gasteiger partial charge >= 0.3 is 0 Å². The molecule has 4 rings (SSSR count). The first-order valence-electron chi connectivity index (χ1n) is 9.41. The van der Waals surface area contributed by atoms with Crippen molar-refractivity contribution in [2.75, 3.05) is 26.2 Å². The summed E-state index contributed by atoms with van der Waals surface area (Å²) in [5.41, 5.74) is 0.802. The predicted molar refractivity (Wildman–Crippen MR) is 93.6 cm³/mol. The van der Waals surface area contributed by atoms with Gasteiger partial charge in [-0.25, -0.2) is 0 Å². The van der Waals surface area contributed by atoms with Gasteiger partial charge < -0.3 is 9.64 Å². The number of likely N-dealkylation sites (tertiary alicyclic amines) is 1. The van der Waals surface area contributed by atoms with E-state index in [2.05, 4.69) is 42.2 Å². The lowest BCUT2D eigenvalue weighted by atomic mass is 9.91. The maximum absolute atomic E-state index is 12.5. The molecule has 0 bridgehead atoms. The Balaban J connectivity index is 1.45. The monoisotopic (exact) mass is 328 g/mol. The van der Waals surface area contributed by atoms with Crippen LogP contribution >= 0.6 is 0 Å². The van der Waals surface area contributed by atoms with E-state index >= 15 is 0 Å². The van der Waals surface area contributed by atoms with Crippen molar-refractivity contribution in [3.8, 4) is 0 Å². The van der Waals surface area contributed by atoms with Gasteiger partial charge in [0.2, 0.25) is 0 Å². The van der Waals surface area contributed by atoms with E-state index in [1.165, 1.54) is 5.56 Å². The SMILES string of the molecule is CCN1CC2(CCCN(Cc3ccccc3)CC2)OC2(CC2)C1=O. The number of nitrogens with zero attached hydrogens (tertiary/aromatic N) is 2. The predicted octanol–water partition coefficient (Wildman–Crippen LogP) is 2.82. The van der Waals surface area contributed by atoms with Crippen molar-refractivity contribution in [1.82, 2.24) is 9.80 Å². The second-order valence-electron chi connectivity index (χ2n) is 7.71. The van der Waals surface area contributed by atoms with E-state index in [0.717, 1.165) is 64.8 Å². The van der Waals surface area contributed by atoms with E-state index in [1.807, 2.05) is 4.90 Å². The van der Waals surface area contributed by atoms with Gasteiger partial charge in [0.1, 0.15) is 5.60 Å². The lowest BCUT2D eigenvalue weighted by molar-refractivity contribution is -0.193. The van der Waals surface area contributed by atoms with Crippen molar-refractivity contribution in [1.29, 1.82) is 0 Å². The minimum atomic E-state index is -0.455. The summed E-state index contributed by atoms with van der Waals surface area (Å²) < 4.78 is 6.52. The molecule has 0 radical (unpaired) electrons. The molecular weight excluding hydrogens is 300 g/mol. The summed E-state index contributed by atoms with van der Waals surface area (Å²) in [6.07, 6.45) is 5.08. The van der Waals surface area contributed by atoms with E-state index in [4.69, 9.17) is 4.74 Å². The van der Waals surface area contributed by atoms with Crippen LogP contribution in [0.15, 0.2) is 30.3 Å². The van der Waals surface area contributed by atoms with Gasteiger partial charge in [-0.2, -0.15) is 0 Å². The van der Waals surface area contributed by atoms with Crippen LogP contribution < -0.4 is 0 Å². The zero-order chi connectivity index (χ0) is 16.6. The summed E-state index contributed by atoms with van der Waals surface area (Å²) in [5.74, 6) is 0.237. The van der Waals surface area contributed by atoms with Crippen molar-refractivity contribution in [2.45, 2.75) is 56.8 Å². The largest absolute Gasteiger partial charge is 0.357 e. The fourth-order valence-corrected chi connectivity index (χ4v) is 4.37. The molecule has 1 aromatic carbocycles. The molecule has 1 aromatic rings. The summed E-state index contributed by atoms with van der Waals surface area (Å²) in [6.45, 7) is 6.86. The molecule has 130 valence electrons. The van der Waals surface area contributed by atoms with E-state index in [-0.39, 0.29) is 11.5 Å². The number of ether oxygens (including phenoxy) is 1. The molecule has 0 aromatic heterocycles.